The normalized spacial score (nSPS) is 10.1. The Morgan fingerprint density at radius 3 is 1.73 bits per heavy atom. The van der Waals surface area contributed by atoms with Crippen molar-refractivity contribution >= 4 is 0 Å². The molecule has 0 unspecified atom stereocenters. The third kappa shape index (κ3) is 4.48. The third-order valence-electron chi connectivity index (χ3n) is 2.73. The summed E-state index contributed by atoms with van der Waals surface area (Å²) in [6.07, 6.45) is 1.13. The molecule has 0 saturated carbocycles. The summed E-state index contributed by atoms with van der Waals surface area (Å²) in [7, 11) is 0. The van der Waals surface area contributed by atoms with Gasteiger partial charge >= 0.3 is 0 Å². The first kappa shape index (κ1) is 14.2. The molecule has 15 heavy (non-hydrogen) atoms. The SMILES string of the molecule is C.CCc1ccc(CN(CC)CC)cc1. The van der Waals surface area contributed by atoms with E-state index >= 15 is 0 Å². The van der Waals surface area contributed by atoms with E-state index in [1.54, 1.807) is 0 Å². The molecule has 0 aliphatic heterocycles. The van der Waals surface area contributed by atoms with Crippen molar-refractivity contribution in [3.05, 3.63) is 35.4 Å². The van der Waals surface area contributed by atoms with E-state index in [-0.39, 0.29) is 7.43 Å². The van der Waals surface area contributed by atoms with Gasteiger partial charge in [-0.15, -0.1) is 0 Å². The minimum atomic E-state index is 0. The quantitative estimate of drug-likeness (QED) is 0.711. The lowest BCUT2D eigenvalue weighted by molar-refractivity contribution is 0.296. The van der Waals surface area contributed by atoms with Crippen molar-refractivity contribution in [2.24, 2.45) is 0 Å². The lowest BCUT2D eigenvalue weighted by atomic mass is 10.1. The Morgan fingerprint density at radius 2 is 1.33 bits per heavy atom. The van der Waals surface area contributed by atoms with Crippen LogP contribution in [0, 0.1) is 0 Å². The first-order chi connectivity index (χ1) is 6.80. The van der Waals surface area contributed by atoms with Gasteiger partial charge in [-0.05, 0) is 30.6 Å². The van der Waals surface area contributed by atoms with Crippen molar-refractivity contribution in [1.29, 1.82) is 0 Å². The summed E-state index contributed by atoms with van der Waals surface area (Å²) in [6, 6.07) is 8.96. The topological polar surface area (TPSA) is 3.24 Å². The van der Waals surface area contributed by atoms with E-state index in [1.807, 2.05) is 0 Å². The standard InChI is InChI=1S/C13H21N.CH4/c1-4-12-7-9-13(10-8-12)11-14(5-2)6-3;/h7-10H,4-6,11H2,1-3H3;1H4. The second-order valence-corrected chi connectivity index (χ2v) is 3.63. The van der Waals surface area contributed by atoms with Gasteiger partial charge in [0.25, 0.3) is 0 Å². The molecule has 1 aromatic rings. The first-order valence-corrected chi connectivity index (χ1v) is 5.60. The van der Waals surface area contributed by atoms with Crippen molar-refractivity contribution in [1.82, 2.24) is 4.90 Å². The van der Waals surface area contributed by atoms with Crippen LogP contribution in [-0.4, -0.2) is 18.0 Å². The van der Waals surface area contributed by atoms with Crippen LogP contribution in [-0.2, 0) is 13.0 Å². The van der Waals surface area contributed by atoms with Gasteiger partial charge in [0.2, 0.25) is 0 Å². The van der Waals surface area contributed by atoms with E-state index in [0.717, 1.165) is 26.1 Å². The van der Waals surface area contributed by atoms with Crippen molar-refractivity contribution in [2.75, 3.05) is 13.1 Å². The van der Waals surface area contributed by atoms with Crippen LogP contribution in [0.3, 0.4) is 0 Å². The van der Waals surface area contributed by atoms with E-state index in [4.69, 9.17) is 0 Å². The second kappa shape index (κ2) is 7.47. The molecule has 1 rings (SSSR count). The van der Waals surface area contributed by atoms with Crippen molar-refractivity contribution in [3.8, 4) is 0 Å². The molecule has 0 fully saturated rings. The Labute approximate surface area is 95.1 Å². The summed E-state index contributed by atoms with van der Waals surface area (Å²) in [5.41, 5.74) is 2.85. The Morgan fingerprint density at radius 1 is 0.867 bits per heavy atom. The largest absolute Gasteiger partial charge is 0.300 e. The fourth-order valence-electron chi connectivity index (χ4n) is 1.59. The van der Waals surface area contributed by atoms with E-state index in [0.29, 0.717) is 0 Å². The molecule has 0 bridgehead atoms. The Kier molecular flexibility index (Phi) is 7.06. The molecule has 0 radical (unpaired) electrons. The monoisotopic (exact) mass is 207 g/mol. The van der Waals surface area contributed by atoms with Crippen molar-refractivity contribution in [2.45, 2.75) is 41.2 Å². The molecule has 0 N–H and O–H groups in total. The smallest absolute Gasteiger partial charge is 0.0233 e. The highest BCUT2D eigenvalue weighted by atomic mass is 15.1. The number of hydrogen-bond donors (Lipinski definition) is 0. The fourth-order valence-corrected chi connectivity index (χ4v) is 1.59. The van der Waals surface area contributed by atoms with Crippen LogP contribution in [0.4, 0.5) is 0 Å². The summed E-state index contributed by atoms with van der Waals surface area (Å²) in [5.74, 6) is 0. The van der Waals surface area contributed by atoms with Crippen LogP contribution >= 0.6 is 0 Å². The molecule has 0 saturated heterocycles. The maximum atomic E-state index is 2.43. The van der Waals surface area contributed by atoms with Gasteiger partial charge < -0.3 is 0 Å². The minimum Gasteiger partial charge on any atom is -0.300 e. The van der Waals surface area contributed by atoms with Gasteiger partial charge in [0.05, 0.1) is 0 Å². The Hall–Kier alpha value is -0.820. The van der Waals surface area contributed by atoms with Crippen LogP contribution in [0.1, 0.15) is 39.3 Å². The maximum absolute atomic E-state index is 2.43. The molecule has 0 spiro atoms. The number of aryl methyl sites for hydroxylation is 1. The van der Waals surface area contributed by atoms with E-state index in [1.165, 1.54) is 11.1 Å². The summed E-state index contributed by atoms with van der Waals surface area (Å²) in [5, 5.41) is 0. The van der Waals surface area contributed by atoms with Gasteiger partial charge in [0.1, 0.15) is 0 Å². The predicted octanol–water partition coefficient (Wildman–Crippen LogP) is 3.73. The third-order valence-corrected chi connectivity index (χ3v) is 2.73. The van der Waals surface area contributed by atoms with Crippen LogP contribution in [0.2, 0.25) is 0 Å². The summed E-state index contributed by atoms with van der Waals surface area (Å²) in [6.45, 7) is 9.96. The lowest BCUT2D eigenvalue weighted by Gasteiger charge is -2.17. The van der Waals surface area contributed by atoms with Gasteiger partial charge in [0, 0.05) is 6.54 Å². The maximum Gasteiger partial charge on any atom is 0.0233 e. The molecule has 0 aliphatic carbocycles. The number of rotatable bonds is 5. The second-order valence-electron chi connectivity index (χ2n) is 3.63. The highest BCUT2D eigenvalue weighted by Crippen LogP contribution is 2.07. The lowest BCUT2D eigenvalue weighted by Crippen LogP contribution is -2.21. The zero-order valence-corrected chi connectivity index (χ0v) is 9.59. The highest BCUT2D eigenvalue weighted by molar-refractivity contribution is 5.22. The zero-order chi connectivity index (χ0) is 10.4. The summed E-state index contributed by atoms with van der Waals surface area (Å²) < 4.78 is 0. The minimum absolute atomic E-state index is 0. The van der Waals surface area contributed by atoms with E-state index < -0.39 is 0 Å². The summed E-state index contributed by atoms with van der Waals surface area (Å²) >= 11 is 0. The van der Waals surface area contributed by atoms with Gasteiger partial charge in [-0.3, -0.25) is 4.90 Å². The molecule has 1 aromatic carbocycles. The number of nitrogens with zero attached hydrogens (tertiary/aromatic N) is 1. The van der Waals surface area contributed by atoms with Crippen molar-refractivity contribution in [3.63, 3.8) is 0 Å². The van der Waals surface area contributed by atoms with Crippen molar-refractivity contribution < 1.29 is 0 Å². The molecule has 1 heteroatoms. The zero-order valence-electron chi connectivity index (χ0n) is 9.59. The Balaban J connectivity index is 0.00000196. The van der Waals surface area contributed by atoms with Gasteiger partial charge in [-0.1, -0.05) is 52.5 Å². The molecule has 0 aliphatic rings. The molecule has 0 amide bonds. The van der Waals surface area contributed by atoms with E-state index in [9.17, 15) is 0 Å². The fraction of sp³-hybridized carbons (Fsp3) is 0.571. The molecular weight excluding hydrogens is 182 g/mol. The molecule has 0 atom stereocenters. The van der Waals surface area contributed by atoms with Gasteiger partial charge in [-0.25, -0.2) is 0 Å². The highest BCUT2D eigenvalue weighted by Gasteiger charge is 2.00. The average Bonchev–Trinajstić information content (AvgIpc) is 2.26. The van der Waals surface area contributed by atoms with Crippen LogP contribution in [0.15, 0.2) is 24.3 Å². The molecule has 1 nitrogen and oxygen atoms in total. The number of hydrogen-bond acceptors (Lipinski definition) is 1. The average molecular weight is 207 g/mol. The predicted molar refractivity (Wildman–Crippen MR) is 69.2 cm³/mol. The molecule has 0 heterocycles. The summed E-state index contributed by atoms with van der Waals surface area (Å²) in [4.78, 5) is 2.43. The van der Waals surface area contributed by atoms with Crippen LogP contribution in [0.5, 0.6) is 0 Å². The number of benzene rings is 1. The molecule has 86 valence electrons. The first-order valence-electron chi connectivity index (χ1n) is 5.60. The molecule has 0 aromatic heterocycles. The Bertz CT molecular complexity index is 247. The van der Waals surface area contributed by atoms with E-state index in [2.05, 4.69) is 49.9 Å². The van der Waals surface area contributed by atoms with Crippen LogP contribution < -0.4 is 0 Å². The van der Waals surface area contributed by atoms with Gasteiger partial charge in [-0.2, -0.15) is 0 Å². The van der Waals surface area contributed by atoms with Gasteiger partial charge in [0.15, 0.2) is 0 Å². The van der Waals surface area contributed by atoms with Crippen LogP contribution in [0.25, 0.3) is 0 Å². The molecular formula is C14H25N.